The van der Waals surface area contributed by atoms with E-state index in [9.17, 15) is 0 Å². The zero-order valence-corrected chi connectivity index (χ0v) is 14.6. The van der Waals surface area contributed by atoms with Gasteiger partial charge in [-0.25, -0.2) is 0 Å². The second kappa shape index (κ2) is 8.32. The van der Waals surface area contributed by atoms with Crippen molar-refractivity contribution in [1.29, 1.82) is 0 Å². The Morgan fingerprint density at radius 1 is 1.40 bits per heavy atom. The lowest BCUT2D eigenvalue weighted by atomic mass is 10.00. The molecule has 0 spiro atoms. The molecule has 1 heterocycles. The van der Waals surface area contributed by atoms with Crippen LogP contribution in [0, 0.1) is 3.57 Å². The molecule has 2 rings (SSSR count). The average Bonchev–Trinajstić information content (AvgIpc) is 2.45. The lowest BCUT2D eigenvalue weighted by molar-refractivity contribution is -0.0383. The van der Waals surface area contributed by atoms with Crippen molar-refractivity contribution < 1.29 is 4.74 Å². The second-order valence-electron chi connectivity index (χ2n) is 5.56. The first-order valence-electron chi connectivity index (χ1n) is 7.47. The van der Waals surface area contributed by atoms with E-state index in [-0.39, 0.29) is 0 Å². The van der Waals surface area contributed by atoms with E-state index in [4.69, 9.17) is 4.74 Å². The number of hydrogen-bond donors (Lipinski definition) is 1. The Bertz CT molecular complexity index is 396. The zero-order valence-electron chi connectivity index (χ0n) is 12.4. The number of rotatable bonds is 6. The van der Waals surface area contributed by atoms with Crippen LogP contribution in [0.25, 0.3) is 0 Å². The summed E-state index contributed by atoms with van der Waals surface area (Å²) in [5.74, 6) is 0. The largest absolute Gasteiger partial charge is 0.374 e. The molecule has 0 bridgehead atoms. The van der Waals surface area contributed by atoms with E-state index in [0.29, 0.717) is 12.1 Å². The minimum Gasteiger partial charge on any atom is -0.374 e. The van der Waals surface area contributed by atoms with Crippen molar-refractivity contribution in [1.82, 2.24) is 10.2 Å². The van der Waals surface area contributed by atoms with Gasteiger partial charge < -0.3 is 15.0 Å². The van der Waals surface area contributed by atoms with Crippen LogP contribution in [-0.2, 0) is 11.2 Å². The van der Waals surface area contributed by atoms with E-state index >= 15 is 0 Å². The molecule has 1 aliphatic heterocycles. The fourth-order valence-electron chi connectivity index (χ4n) is 2.59. The van der Waals surface area contributed by atoms with E-state index in [2.05, 4.69) is 71.0 Å². The maximum Gasteiger partial charge on any atom is 0.0858 e. The summed E-state index contributed by atoms with van der Waals surface area (Å²) in [6.07, 6.45) is 2.49. The van der Waals surface area contributed by atoms with Crippen LogP contribution in [0.4, 0.5) is 0 Å². The first-order chi connectivity index (χ1) is 9.69. The molecule has 1 saturated heterocycles. The maximum atomic E-state index is 6.00. The summed E-state index contributed by atoms with van der Waals surface area (Å²) < 4.78 is 7.29. The number of ether oxygens (including phenoxy) is 1. The normalized spacial score (nSPS) is 21.9. The van der Waals surface area contributed by atoms with Gasteiger partial charge in [0.1, 0.15) is 0 Å². The molecule has 4 heteroatoms. The van der Waals surface area contributed by atoms with Crippen LogP contribution in [0.2, 0.25) is 0 Å². The highest BCUT2D eigenvalue weighted by atomic mass is 127. The second-order valence-corrected chi connectivity index (χ2v) is 6.81. The Morgan fingerprint density at radius 3 is 2.80 bits per heavy atom. The van der Waals surface area contributed by atoms with E-state index in [1.54, 1.807) is 0 Å². The molecule has 3 nitrogen and oxygen atoms in total. The minimum atomic E-state index is 0.291. The fourth-order valence-corrected chi connectivity index (χ4v) is 2.95. The molecule has 1 aliphatic rings. The Kier molecular flexibility index (Phi) is 6.74. The lowest BCUT2D eigenvalue weighted by Gasteiger charge is -2.35. The number of nitrogens with one attached hydrogen (secondary N) is 1. The van der Waals surface area contributed by atoms with Crippen LogP contribution in [-0.4, -0.2) is 50.3 Å². The first kappa shape index (κ1) is 16.2. The van der Waals surface area contributed by atoms with Crippen LogP contribution < -0.4 is 5.32 Å². The van der Waals surface area contributed by atoms with Gasteiger partial charge in [-0.1, -0.05) is 19.1 Å². The summed E-state index contributed by atoms with van der Waals surface area (Å²) in [5, 5.41) is 3.67. The van der Waals surface area contributed by atoms with Crippen LogP contribution in [0.1, 0.15) is 18.9 Å². The zero-order chi connectivity index (χ0) is 14.4. The van der Waals surface area contributed by atoms with Crippen LogP contribution in [0.3, 0.4) is 0 Å². The predicted octanol–water partition coefficient (Wildman–Crippen LogP) is 2.53. The van der Waals surface area contributed by atoms with Gasteiger partial charge in [-0.05, 0) is 66.7 Å². The minimum absolute atomic E-state index is 0.291. The van der Waals surface area contributed by atoms with Crippen molar-refractivity contribution in [2.45, 2.75) is 31.9 Å². The summed E-state index contributed by atoms with van der Waals surface area (Å²) in [6.45, 7) is 6.17. The third-order valence-corrected chi connectivity index (χ3v) is 4.49. The smallest absolute Gasteiger partial charge is 0.0858 e. The van der Waals surface area contributed by atoms with Crippen LogP contribution in [0.15, 0.2) is 24.3 Å². The van der Waals surface area contributed by atoms with Crippen molar-refractivity contribution in [3.8, 4) is 0 Å². The molecule has 0 aromatic heterocycles. The van der Waals surface area contributed by atoms with Gasteiger partial charge in [0.2, 0.25) is 0 Å². The number of benzene rings is 1. The molecule has 1 N–H and O–H groups in total. The number of likely N-dealkylation sites (N-methyl/N-ethyl adjacent to an activating group) is 1. The third-order valence-electron chi connectivity index (χ3n) is 3.77. The van der Waals surface area contributed by atoms with Gasteiger partial charge in [-0.3, -0.25) is 0 Å². The number of halogens is 1. The van der Waals surface area contributed by atoms with Gasteiger partial charge in [-0.15, -0.1) is 0 Å². The molecule has 0 saturated carbocycles. The van der Waals surface area contributed by atoms with Crippen molar-refractivity contribution in [3.05, 3.63) is 33.4 Å². The summed E-state index contributed by atoms with van der Waals surface area (Å²) in [6, 6.07) is 9.23. The van der Waals surface area contributed by atoms with Gasteiger partial charge in [0, 0.05) is 22.7 Å². The maximum absolute atomic E-state index is 6.00. The molecule has 2 unspecified atom stereocenters. The highest BCUT2D eigenvalue weighted by Crippen LogP contribution is 2.14. The van der Waals surface area contributed by atoms with Crippen LogP contribution in [0.5, 0.6) is 0 Å². The monoisotopic (exact) mass is 388 g/mol. The van der Waals surface area contributed by atoms with Gasteiger partial charge in [0.25, 0.3) is 0 Å². The first-order valence-corrected chi connectivity index (χ1v) is 8.55. The number of hydrogen-bond acceptors (Lipinski definition) is 3. The molecular formula is C16H25IN2O. The summed E-state index contributed by atoms with van der Waals surface area (Å²) >= 11 is 2.35. The van der Waals surface area contributed by atoms with E-state index in [0.717, 1.165) is 39.1 Å². The average molecular weight is 388 g/mol. The lowest BCUT2D eigenvalue weighted by Crippen LogP contribution is -2.52. The van der Waals surface area contributed by atoms with E-state index in [1.807, 2.05) is 0 Å². The van der Waals surface area contributed by atoms with E-state index < -0.39 is 0 Å². The molecule has 1 aromatic rings. The highest BCUT2D eigenvalue weighted by Gasteiger charge is 2.26. The molecular weight excluding hydrogens is 363 g/mol. The van der Waals surface area contributed by atoms with Crippen molar-refractivity contribution in [2.75, 3.05) is 33.3 Å². The number of morpholine rings is 1. The van der Waals surface area contributed by atoms with Crippen molar-refractivity contribution >= 4 is 22.6 Å². The van der Waals surface area contributed by atoms with Crippen molar-refractivity contribution in [3.63, 3.8) is 0 Å². The van der Waals surface area contributed by atoms with Crippen LogP contribution >= 0.6 is 22.6 Å². The summed E-state index contributed by atoms with van der Waals surface area (Å²) in [7, 11) is 2.18. The van der Waals surface area contributed by atoms with E-state index in [1.165, 1.54) is 9.13 Å². The highest BCUT2D eigenvalue weighted by molar-refractivity contribution is 14.1. The molecule has 1 aromatic carbocycles. The Balaban J connectivity index is 2.00. The molecule has 112 valence electrons. The molecule has 0 aliphatic carbocycles. The SMILES string of the molecule is CCCNC(Cc1ccc(I)cc1)C1CN(C)CCO1. The van der Waals surface area contributed by atoms with Gasteiger partial charge >= 0.3 is 0 Å². The predicted molar refractivity (Wildman–Crippen MR) is 92.2 cm³/mol. The summed E-state index contributed by atoms with van der Waals surface area (Å²) in [5.41, 5.74) is 1.39. The standard InChI is InChI=1S/C16H25IN2O/c1-3-8-18-15(16-12-19(2)9-10-20-16)11-13-4-6-14(17)7-5-13/h4-7,15-16,18H,3,8-12H2,1-2H3. The summed E-state index contributed by atoms with van der Waals surface area (Å²) in [4.78, 5) is 2.36. The van der Waals surface area contributed by atoms with Gasteiger partial charge in [0.05, 0.1) is 12.7 Å². The molecule has 0 radical (unpaired) electrons. The number of nitrogens with zero attached hydrogens (tertiary/aromatic N) is 1. The van der Waals surface area contributed by atoms with Gasteiger partial charge in [-0.2, -0.15) is 0 Å². The van der Waals surface area contributed by atoms with Gasteiger partial charge in [0.15, 0.2) is 0 Å². The molecule has 20 heavy (non-hydrogen) atoms. The third kappa shape index (κ3) is 4.98. The Hall–Kier alpha value is -0.170. The molecule has 2 atom stereocenters. The fraction of sp³-hybridized carbons (Fsp3) is 0.625. The Labute approximate surface area is 136 Å². The van der Waals surface area contributed by atoms with Crippen molar-refractivity contribution in [2.24, 2.45) is 0 Å². The topological polar surface area (TPSA) is 24.5 Å². The molecule has 0 amide bonds. The molecule has 1 fully saturated rings. The quantitative estimate of drug-likeness (QED) is 0.759. The Morgan fingerprint density at radius 2 is 2.15 bits per heavy atom.